The third kappa shape index (κ3) is 3.71. The van der Waals surface area contributed by atoms with Crippen molar-refractivity contribution in [3.8, 4) is 17.3 Å². The number of pyridine rings is 1. The first-order valence-corrected chi connectivity index (χ1v) is 10.4. The second kappa shape index (κ2) is 7.59. The third-order valence-corrected chi connectivity index (χ3v) is 5.96. The van der Waals surface area contributed by atoms with Gasteiger partial charge in [0.05, 0.1) is 10.2 Å². The Bertz CT molecular complexity index is 1070. The van der Waals surface area contributed by atoms with Gasteiger partial charge in [-0.1, -0.05) is 30.6 Å². The largest absolute Gasteiger partial charge is 0.457 e. The Balaban J connectivity index is 1.34. The maximum absolute atomic E-state index is 6.07. The molecule has 6 nitrogen and oxygen atoms in total. The van der Waals surface area contributed by atoms with Crippen molar-refractivity contribution in [3.63, 3.8) is 0 Å². The second-order valence-corrected chi connectivity index (χ2v) is 8.08. The molecule has 1 saturated carbocycles. The van der Waals surface area contributed by atoms with Crippen LogP contribution < -0.4 is 10.1 Å². The number of fused-ring (bicyclic) bond motifs is 1. The number of rotatable bonds is 5. The Labute approximate surface area is 167 Å². The van der Waals surface area contributed by atoms with E-state index in [0.29, 0.717) is 6.04 Å². The molecule has 0 unspecified atom stereocenters. The first kappa shape index (κ1) is 17.2. The number of nitrogens with zero attached hydrogens (tertiary/aromatic N) is 4. The molecule has 5 rings (SSSR count). The van der Waals surface area contributed by atoms with Crippen LogP contribution in [0.5, 0.6) is 11.5 Å². The van der Waals surface area contributed by atoms with Gasteiger partial charge < -0.3 is 10.1 Å². The average Bonchev–Trinajstić information content (AvgIpc) is 3.38. The number of aromatic nitrogens is 4. The smallest absolute Gasteiger partial charge is 0.184 e. The van der Waals surface area contributed by atoms with Gasteiger partial charge in [-0.2, -0.15) is 0 Å². The minimum absolute atomic E-state index is 0.559. The molecule has 1 aliphatic rings. The topological polar surface area (TPSA) is 64.9 Å². The molecule has 7 heteroatoms. The lowest BCUT2D eigenvalue weighted by Gasteiger charge is -2.22. The molecule has 0 aliphatic heterocycles. The molecule has 1 aromatic carbocycles. The van der Waals surface area contributed by atoms with Gasteiger partial charge in [-0.05, 0) is 31.0 Å². The number of thiazole rings is 1. The van der Waals surface area contributed by atoms with Gasteiger partial charge in [-0.3, -0.25) is 4.57 Å². The molecule has 0 radical (unpaired) electrons. The Morgan fingerprint density at radius 1 is 1.04 bits per heavy atom. The summed E-state index contributed by atoms with van der Waals surface area (Å²) in [5.41, 5.74) is 1.00. The van der Waals surface area contributed by atoms with Gasteiger partial charge in [-0.15, -0.1) is 0 Å². The van der Waals surface area contributed by atoms with Crippen LogP contribution in [0.25, 0.3) is 16.0 Å². The summed E-state index contributed by atoms with van der Waals surface area (Å²) in [4.78, 5) is 13.2. The van der Waals surface area contributed by atoms with Crippen LogP contribution in [0.1, 0.15) is 32.1 Å². The van der Waals surface area contributed by atoms with Crippen molar-refractivity contribution in [2.45, 2.75) is 38.1 Å². The normalized spacial score (nSPS) is 15.0. The van der Waals surface area contributed by atoms with Crippen molar-refractivity contribution < 1.29 is 4.74 Å². The van der Waals surface area contributed by atoms with Gasteiger partial charge >= 0.3 is 0 Å². The molecule has 28 heavy (non-hydrogen) atoms. The Hall–Kier alpha value is -2.93. The molecule has 4 aromatic rings. The summed E-state index contributed by atoms with van der Waals surface area (Å²) in [6.45, 7) is 0. The predicted molar refractivity (Wildman–Crippen MR) is 112 cm³/mol. The number of ether oxygens (including phenoxy) is 1. The van der Waals surface area contributed by atoms with Gasteiger partial charge in [0.15, 0.2) is 5.13 Å². The molecule has 0 bridgehead atoms. The van der Waals surface area contributed by atoms with E-state index >= 15 is 0 Å². The van der Waals surface area contributed by atoms with E-state index in [0.717, 1.165) is 32.7 Å². The summed E-state index contributed by atoms with van der Waals surface area (Å²) in [5.74, 6) is 2.30. The quantitative estimate of drug-likeness (QED) is 0.492. The predicted octanol–water partition coefficient (Wildman–Crippen LogP) is 5.41. The number of anilines is 1. The molecule has 3 heterocycles. The van der Waals surface area contributed by atoms with Crippen LogP contribution in [0, 0.1) is 0 Å². The van der Waals surface area contributed by atoms with E-state index in [1.807, 2.05) is 35.0 Å². The molecule has 3 aromatic heterocycles. The molecular formula is C21H21N5OS. The second-order valence-electron chi connectivity index (χ2n) is 7.05. The number of hydrogen-bond donors (Lipinski definition) is 1. The van der Waals surface area contributed by atoms with Gasteiger partial charge in [0.2, 0.25) is 0 Å². The monoisotopic (exact) mass is 391 g/mol. The Kier molecular flexibility index (Phi) is 4.66. The van der Waals surface area contributed by atoms with Crippen LogP contribution in [-0.4, -0.2) is 25.6 Å². The molecule has 1 aliphatic carbocycles. The summed E-state index contributed by atoms with van der Waals surface area (Å²) in [5, 5.41) is 4.62. The van der Waals surface area contributed by atoms with E-state index in [4.69, 9.17) is 9.72 Å². The van der Waals surface area contributed by atoms with Crippen LogP contribution in [0.4, 0.5) is 5.13 Å². The SMILES string of the molecule is c1cn(-c2cc(Oc3ccc4nc(NC5CCCCC5)sc4c3)ccn2)cn1. The van der Waals surface area contributed by atoms with Crippen molar-refractivity contribution in [2.75, 3.05) is 5.32 Å². The van der Waals surface area contributed by atoms with Gasteiger partial charge in [0.25, 0.3) is 0 Å². The number of imidazole rings is 1. The maximum atomic E-state index is 6.07. The Morgan fingerprint density at radius 2 is 1.93 bits per heavy atom. The van der Waals surface area contributed by atoms with Crippen LogP contribution in [0.3, 0.4) is 0 Å². The minimum Gasteiger partial charge on any atom is -0.457 e. The van der Waals surface area contributed by atoms with Crippen LogP contribution in [0.2, 0.25) is 0 Å². The van der Waals surface area contributed by atoms with Gasteiger partial charge in [0, 0.05) is 36.8 Å². The fourth-order valence-electron chi connectivity index (χ4n) is 3.59. The number of benzene rings is 1. The lowest BCUT2D eigenvalue weighted by Crippen LogP contribution is -2.21. The molecular weight excluding hydrogens is 370 g/mol. The van der Waals surface area contributed by atoms with E-state index in [1.165, 1.54) is 32.1 Å². The lowest BCUT2D eigenvalue weighted by atomic mass is 9.96. The summed E-state index contributed by atoms with van der Waals surface area (Å²) >= 11 is 1.69. The van der Waals surface area contributed by atoms with E-state index < -0.39 is 0 Å². The first-order chi connectivity index (χ1) is 13.8. The lowest BCUT2D eigenvalue weighted by molar-refractivity contribution is 0.462. The fraction of sp³-hybridized carbons (Fsp3) is 0.286. The van der Waals surface area contributed by atoms with Gasteiger partial charge in [0.1, 0.15) is 23.6 Å². The maximum Gasteiger partial charge on any atom is 0.184 e. The number of hydrogen-bond acceptors (Lipinski definition) is 6. The van der Waals surface area contributed by atoms with Crippen molar-refractivity contribution >= 4 is 26.7 Å². The molecule has 0 atom stereocenters. The fourth-order valence-corrected chi connectivity index (χ4v) is 4.56. The van der Waals surface area contributed by atoms with E-state index in [2.05, 4.69) is 21.4 Å². The van der Waals surface area contributed by atoms with E-state index in [1.54, 1.807) is 30.1 Å². The highest BCUT2D eigenvalue weighted by molar-refractivity contribution is 7.22. The molecule has 0 spiro atoms. The van der Waals surface area contributed by atoms with E-state index in [9.17, 15) is 0 Å². The van der Waals surface area contributed by atoms with Crippen LogP contribution in [-0.2, 0) is 0 Å². The molecule has 142 valence electrons. The zero-order valence-electron chi connectivity index (χ0n) is 15.4. The van der Waals surface area contributed by atoms with Crippen LogP contribution >= 0.6 is 11.3 Å². The minimum atomic E-state index is 0.559. The van der Waals surface area contributed by atoms with Crippen molar-refractivity contribution in [1.29, 1.82) is 0 Å². The molecule has 1 N–H and O–H groups in total. The third-order valence-electron chi connectivity index (χ3n) is 5.01. The number of nitrogens with one attached hydrogen (secondary N) is 1. The van der Waals surface area contributed by atoms with Crippen molar-refractivity contribution in [2.24, 2.45) is 0 Å². The zero-order chi connectivity index (χ0) is 18.8. The Morgan fingerprint density at radius 3 is 2.79 bits per heavy atom. The molecule has 0 saturated heterocycles. The summed E-state index contributed by atoms with van der Waals surface area (Å²) < 4.78 is 9.04. The summed E-state index contributed by atoms with van der Waals surface area (Å²) in [7, 11) is 0. The first-order valence-electron chi connectivity index (χ1n) is 9.63. The van der Waals surface area contributed by atoms with E-state index in [-0.39, 0.29) is 0 Å². The molecule has 0 amide bonds. The summed E-state index contributed by atoms with van der Waals surface area (Å²) in [6, 6.07) is 10.3. The highest BCUT2D eigenvalue weighted by Gasteiger charge is 2.15. The van der Waals surface area contributed by atoms with Crippen molar-refractivity contribution in [1.82, 2.24) is 19.5 Å². The zero-order valence-corrected chi connectivity index (χ0v) is 16.2. The highest BCUT2D eigenvalue weighted by Crippen LogP contribution is 2.33. The molecule has 1 fully saturated rings. The average molecular weight is 392 g/mol. The van der Waals surface area contributed by atoms with Crippen molar-refractivity contribution in [3.05, 3.63) is 55.2 Å². The highest BCUT2D eigenvalue weighted by atomic mass is 32.1. The van der Waals surface area contributed by atoms with Gasteiger partial charge in [-0.25, -0.2) is 15.0 Å². The standard InChI is InChI=1S/C21H21N5OS/c1-2-4-15(5-3-1)24-21-25-18-7-6-16(12-19(18)28-21)27-17-8-9-23-20(13-17)26-11-10-22-14-26/h6-15H,1-5H2,(H,24,25). The van der Waals surface area contributed by atoms with Crippen LogP contribution in [0.15, 0.2) is 55.2 Å². The summed E-state index contributed by atoms with van der Waals surface area (Å²) in [6.07, 6.45) is 13.5.